The minimum Gasteiger partial charge on any atom is -0.350 e. The molecule has 34 heavy (non-hydrogen) atoms. The van der Waals surface area contributed by atoms with Crippen LogP contribution in [-0.4, -0.2) is 20.9 Å². The lowest BCUT2D eigenvalue weighted by Crippen LogP contribution is -2.41. The van der Waals surface area contributed by atoms with Gasteiger partial charge in [0.1, 0.15) is 6.54 Å². The molecule has 0 aromatic heterocycles. The Kier molecular flexibility index (Phi) is 6.70. The highest BCUT2D eigenvalue weighted by molar-refractivity contribution is 7.92. The van der Waals surface area contributed by atoms with Crippen molar-refractivity contribution in [3.63, 3.8) is 0 Å². The lowest BCUT2D eigenvalue weighted by molar-refractivity contribution is -0.119. The number of carbonyl (C=O) groups is 1. The van der Waals surface area contributed by atoms with Crippen molar-refractivity contribution in [2.75, 3.05) is 10.8 Å². The average molecular weight is 473 g/mol. The fourth-order valence-corrected chi connectivity index (χ4v) is 5.36. The zero-order valence-electron chi connectivity index (χ0n) is 19.6. The molecule has 0 bridgehead atoms. The Hall–Kier alpha value is -3.64. The first-order chi connectivity index (χ1) is 16.3. The SMILES string of the molecule is Cc1ccc(S(=O)(=O)N(CC(=O)NCc2ccc3ccccc3c2)c2cccc(C)c2C)cc1. The molecular weight excluding hydrogens is 444 g/mol. The summed E-state index contributed by atoms with van der Waals surface area (Å²) in [4.78, 5) is 13.1. The molecule has 1 amide bonds. The lowest BCUT2D eigenvalue weighted by atomic mass is 10.1. The highest BCUT2D eigenvalue weighted by atomic mass is 32.2. The topological polar surface area (TPSA) is 66.5 Å². The molecule has 1 N–H and O–H groups in total. The number of carbonyl (C=O) groups excluding carboxylic acids is 1. The average Bonchev–Trinajstić information content (AvgIpc) is 2.83. The number of sulfonamides is 1. The van der Waals surface area contributed by atoms with E-state index >= 15 is 0 Å². The number of benzene rings is 4. The van der Waals surface area contributed by atoms with Crippen LogP contribution in [0.1, 0.15) is 22.3 Å². The van der Waals surface area contributed by atoms with Crippen molar-refractivity contribution in [1.82, 2.24) is 5.32 Å². The zero-order chi connectivity index (χ0) is 24.3. The van der Waals surface area contributed by atoms with Crippen LogP contribution in [0.3, 0.4) is 0 Å². The van der Waals surface area contributed by atoms with Gasteiger partial charge in [-0.1, -0.05) is 66.2 Å². The Balaban J connectivity index is 1.60. The van der Waals surface area contributed by atoms with Crippen LogP contribution < -0.4 is 9.62 Å². The molecule has 0 heterocycles. The molecule has 174 valence electrons. The maximum atomic E-state index is 13.6. The molecule has 5 nitrogen and oxygen atoms in total. The molecule has 4 aromatic rings. The van der Waals surface area contributed by atoms with E-state index in [-0.39, 0.29) is 17.3 Å². The van der Waals surface area contributed by atoms with Gasteiger partial charge in [-0.3, -0.25) is 9.10 Å². The van der Waals surface area contributed by atoms with E-state index in [0.717, 1.165) is 33.0 Å². The number of nitrogens with one attached hydrogen (secondary N) is 1. The summed E-state index contributed by atoms with van der Waals surface area (Å²) in [6.45, 7) is 5.70. The monoisotopic (exact) mass is 472 g/mol. The normalized spacial score (nSPS) is 11.4. The molecule has 0 aliphatic carbocycles. The number of hydrogen-bond donors (Lipinski definition) is 1. The lowest BCUT2D eigenvalue weighted by Gasteiger charge is -2.26. The smallest absolute Gasteiger partial charge is 0.264 e. The Morgan fingerprint density at radius 3 is 2.26 bits per heavy atom. The molecule has 4 rings (SSSR count). The molecule has 0 fully saturated rings. The summed E-state index contributed by atoms with van der Waals surface area (Å²) >= 11 is 0. The molecule has 6 heteroatoms. The van der Waals surface area contributed by atoms with Gasteiger partial charge < -0.3 is 5.32 Å². The van der Waals surface area contributed by atoms with Crippen molar-refractivity contribution >= 4 is 32.4 Å². The number of anilines is 1. The van der Waals surface area contributed by atoms with Crippen molar-refractivity contribution in [2.24, 2.45) is 0 Å². The highest BCUT2D eigenvalue weighted by Crippen LogP contribution is 2.28. The number of nitrogens with zero attached hydrogens (tertiary/aromatic N) is 1. The minimum atomic E-state index is -3.94. The van der Waals surface area contributed by atoms with E-state index in [1.165, 1.54) is 4.31 Å². The summed E-state index contributed by atoms with van der Waals surface area (Å²) in [7, 11) is -3.94. The van der Waals surface area contributed by atoms with Crippen LogP contribution in [0.2, 0.25) is 0 Å². The van der Waals surface area contributed by atoms with E-state index in [9.17, 15) is 13.2 Å². The molecule has 0 aliphatic heterocycles. The second kappa shape index (κ2) is 9.69. The van der Waals surface area contributed by atoms with Gasteiger partial charge in [0.2, 0.25) is 5.91 Å². The van der Waals surface area contributed by atoms with Gasteiger partial charge >= 0.3 is 0 Å². The standard InChI is InChI=1S/C28H28N2O3S/c1-20-11-15-26(16-12-20)34(32,33)30(27-10-6-7-21(2)22(27)3)19-28(31)29-18-23-13-14-24-8-4-5-9-25(24)17-23/h4-17H,18-19H2,1-3H3,(H,29,31). The van der Waals surface area contributed by atoms with Crippen LogP contribution in [0.25, 0.3) is 10.8 Å². The predicted octanol–water partition coefficient (Wildman–Crippen LogP) is 5.28. The van der Waals surface area contributed by atoms with Gasteiger partial charge in [0, 0.05) is 6.54 Å². The predicted molar refractivity (Wildman–Crippen MR) is 137 cm³/mol. The van der Waals surface area contributed by atoms with E-state index in [1.54, 1.807) is 30.3 Å². The highest BCUT2D eigenvalue weighted by Gasteiger charge is 2.28. The number of aryl methyl sites for hydroxylation is 2. The summed E-state index contributed by atoms with van der Waals surface area (Å²) in [5.74, 6) is -0.371. The Bertz CT molecular complexity index is 1440. The van der Waals surface area contributed by atoms with Crippen LogP contribution in [0.15, 0.2) is 89.8 Å². The van der Waals surface area contributed by atoms with E-state index < -0.39 is 10.0 Å². The summed E-state index contributed by atoms with van der Waals surface area (Å²) in [6.07, 6.45) is 0. The zero-order valence-corrected chi connectivity index (χ0v) is 20.4. The molecule has 4 aromatic carbocycles. The van der Waals surface area contributed by atoms with Crippen LogP contribution in [0.4, 0.5) is 5.69 Å². The molecule has 0 saturated carbocycles. The molecule has 0 spiro atoms. The van der Waals surface area contributed by atoms with Gasteiger partial charge in [0.05, 0.1) is 10.6 Å². The Morgan fingerprint density at radius 2 is 1.53 bits per heavy atom. The maximum absolute atomic E-state index is 13.6. The minimum absolute atomic E-state index is 0.154. The fraction of sp³-hybridized carbons (Fsp3) is 0.179. The molecule has 0 aliphatic rings. The molecule has 0 radical (unpaired) electrons. The molecular formula is C28H28N2O3S. The third-order valence-electron chi connectivity index (χ3n) is 6.04. The largest absolute Gasteiger partial charge is 0.350 e. The number of hydrogen-bond acceptors (Lipinski definition) is 3. The maximum Gasteiger partial charge on any atom is 0.264 e. The number of fused-ring (bicyclic) bond motifs is 1. The van der Waals surface area contributed by atoms with Crippen molar-refractivity contribution < 1.29 is 13.2 Å². The van der Waals surface area contributed by atoms with E-state index in [0.29, 0.717) is 12.2 Å². The first kappa shape index (κ1) is 23.5. The second-order valence-corrected chi connectivity index (χ2v) is 10.4. The summed E-state index contributed by atoms with van der Waals surface area (Å²) in [5.41, 5.74) is 4.19. The van der Waals surface area contributed by atoms with Crippen LogP contribution >= 0.6 is 0 Å². The van der Waals surface area contributed by atoms with Gasteiger partial charge in [-0.15, -0.1) is 0 Å². The molecule has 0 saturated heterocycles. The first-order valence-electron chi connectivity index (χ1n) is 11.2. The first-order valence-corrected chi connectivity index (χ1v) is 12.6. The summed E-state index contributed by atoms with van der Waals surface area (Å²) in [5, 5.41) is 5.10. The second-order valence-electron chi connectivity index (χ2n) is 8.50. The van der Waals surface area contributed by atoms with Crippen LogP contribution in [0.5, 0.6) is 0 Å². The van der Waals surface area contributed by atoms with Gasteiger partial charge in [0.15, 0.2) is 0 Å². The fourth-order valence-electron chi connectivity index (χ4n) is 3.88. The van der Waals surface area contributed by atoms with Crippen molar-refractivity contribution in [1.29, 1.82) is 0 Å². The van der Waals surface area contributed by atoms with Gasteiger partial charge in [0.25, 0.3) is 10.0 Å². The van der Waals surface area contributed by atoms with Gasteiger partial charge in [-0.25, -0.2) is 8.42 Å². The van der Waals surface area contributed by atoms with Gasteiger partial charge in [-0.2, -0.15) is 0 Å². The summed E-state index contributed by atoms with van der Waals surface area (Å²) < 4.78 is 28.4. The van der Waals surface area contributed by atoms with Gasteiger partial charge in [-0.05, 0) is 72.5 Å². The molecule has 0 unspecified atom stereocenters. The summed E-state index contributed by atoms with van der Waals surface area (Å²) in [6, 6.07) is 26.2. The van der Waals surface area contributed by atoms with Crippen molar-refractivity contribution in [3.8, 4) is 0 Å². The van der Waals surface area contributed by atoms with Crippen molar-refractivity contribution in [2.45, 2.75) is 32.2 Å². The third-order valence-corrected chi connectivity index (χ3v) is 7.82. The van der Waals surface area contributed by atoms with E-state index in [1.807, 2.05) is 75.4 Å². The Labute approximate surface area is 201 Å². The Morgan fingerprint density at radius 1 is 0.824 bits per heavy atom. The number of rotatable bonds is 7. The quantitative estimate of drug-likeness (QED) is 0.398. The number of amides is 1. The van der Waals surface area contributed by atoms with Crippen LogP contribution in [0, 0.1) is 20.8 Å². The van der Waals surface area contributed by atoms with Crippen LogP contribution in [-0.2, 0) is 21.4 Å². The molecule has 0 atom stereocenters. The third kappa shape index (κ3) is 4.97. The van der Waals surface area contributed by atoms with Crippen molar-refractivity contribution in [3.05, 3.63) is 107 Å². The van der Waals surface area contributed by atoms with E-state index in [4.69, 9.17) is 0 Å². The van der Waals surface area contributed by atoms with E-state index in [2.05, 4.69) is 5.32 Å².